The van der Waals surface area contributed by atoms with E-state index in [1.54, 1.807) is 29.2 Å². The van der Waals surface area contributed by atoms with Crippen molar-refractivity contribution in [1.29, 1.82) is 0 Å². The van der Waals surface area contributed by atoms with Crippen molar-refractivity contribution in [3.05, 3.63) is 87.2 Å². The van der Waals surface area contributed by atoms with E-state index >= 15 is 0 Å². The number of nitrogens with zero attached hydrogens (tertiary/aromatic N) is 2. The van der Waals surface area contributed by atoms with Crippen LogP contribution in [-0.2, 0) is 5.41 Å². The number of non-ortho nitro benzene ring substituents is 1. The SMILES string of the molecule is O=C1C=C2N(C(=O)c3cc4cccc([N+](=O)[O-])c4[nH]3)C[C@H]3C[C@@]23c2ccccc21. The number of H-pyrrole nitrogens is 1. The van der Waals surface area contributed by atoms with E-state index in [1.165, 1.54) is 6.07 Å². The molecule has 29 heavy (non-hydrogen) atoms. The molecule has 7 nitrogen and oxygen atoms in total. The molecule has 142 valence electrons. The topological polar surface area (TPSA) is 96.3 Å². The predicted octanol–water partition coefficient (Wildman–Crippen LogP) is 3.57. The maximum Gasteiger partial charge on any atom is 0.293 e. The highest BCUT2D eigenvalue weighted by Gasteiger charge is 2.67. The number of aromatic amines is 1. The molecule has 1 aromatic heterocycles. The number of carbonyl (C=O) groups excluding carboxylic acids is 2. The molecule has 0 radical (unpaired) electrons. The Morgan fingerprint density at radius 1 is 1.21 bits per heavy atom. The summed E-state index contributed by atoms with van der Waals surface area (Å²) in [5, 5.41) is 11.9. The molecule has 7 heteroatoms. The summed E-state index contributed by atoms with van der Waals surface area (Å²) in [5.74, 6) is -0.0509. The van der Waals surface area contributed by atoms with Gasteiger partial charge in [0, 0.05) is 40.7 Å². The summed E-state index contributed by atoms with van der Waals surface area (Å²) >= 11 is 0. The van der Waals surface area contributed by atoms with Crippen molar-refractivity contribution in [3.63, 3.8) is 0 Å². The number of carbonyl (C=O) groups is 2. The Bertz CT molecular complexity index is 1300. The first-order valence-electron chi connectivity index (χ1n) is 9.45. The van der Waals surface area contributed by atoms with Gasteiger partial charge in [0.25, 0.3) is 11.6 Å². The lowest BCUT2D eigenvalue weighted by Crippen LogP contribution is -2.33. The molecule has 3 aromatic rings. The highest BCUT2D eigenvalue weighted by Crippen LogP contribution is 2.66. The van der Waals surface area contributed by atoms with Crippen LogP contribution in [0.25, 0.3) is 10.9 Å². The molecule has 1 spiro atoms. The molecule has 1 saturated carbocycles. The molecule has 6 rings (SSSR count). The van der Waals surface area contributed by atoms with Crippen molar-refractivity contribution in [3.8, 4) is 0 Å². The molecule has 0 bridgehead atoms. The molecule has 2 heterocycles. The van der Waals surface area contributed by atoms with Crippen molar-refractivity contribution < 1.29 is 14.5 Å². The molecule has 1 N–H and O–H groups in total. The highest BCUT2D eigenvalue weighted by atomic mass is 16.6. The van der Waals surface area contributed by atoms with Crippen LogP contribution in [0.1, 0.15) is 32.8 Å². The fourth-order valence-corrected chi connectivity index (χ4v) is 5.13. The smallest absolute Gasteiger partial charge is 0.293 e. The minimum Gasteiger partial charge on any atom is -0.345 e. The van der Waals surface area contributed by atoms with Gasteiger partial charge in [0.2, 0.25) is 0 Å². The third-order valence-electron chi connectivity index (χ3n) is 6.50. The first-order valence-corrected chi connectivity index (χ1v) is 9.45. The number of amides is 1. The van der Waals surface area contributed by atoms with Gasteiger partial charge in [-0.3, -0.25) is 19.7 Å². The first-order chi connectivity index (χ1) is 14.0. The first kappa shape index (κ1) is 16.2. The Kier molecular flexibility index (Phi) is 2.91. The monoisotopic (exact) mass is 385 g/mol. The van der Waals surface area contributed by atoms with E-state index in [0.717, 1.165) is 17.7 Å². The van der Waals surface area contributed by atoms with Gasteiger partial charge >= 0.3 is 0 Å². The van der Waals surface area contributed by atoms with E-state index in [1.807, 2.05) is 24.3 Å². The zero-order valence-corrected chi connectivity index (χ0v) is 15.2. The second kappa shape index (κ2) is 5.20. The fraction of sp³-hybridized carbons (Fsp3) is 0.182. The van der Waals surface area contributed by atoms with Crippen molar-refractivity contribution >= 4 is 28.3 Å². The zero-order chi connectivity index (χ0) is 19.9. The van der Waals surface area contributed by atoms with Crippen LogP contribution in [0.2, 0.25) is 0 Å². The van der Waals surface area contributed by atoms with Crippen LogP contribution in [-0.4, -0.2) is 33.0 Å². The van der Waals surface area contributed by atoms with Crippen LogP contribution >= 0.6 is 0 Å². The van der Waals surface area contributed by atoms with Crippen molar-refractivity contribution in [1.82, 2.24) is 9.88 Å². The number of piperidine rings is 1. The van der Waals surface area contributed by atoms with Crippen LogP contribution < -0.4 is 0 Å². The molecular weight excluding hydrogens is 370 g/mol. The Labute approximate surface area is 164 Å². The van der Waals surface area contributed by atoms with Gasteiger partial charge in [-0.05, 0) is 24.0 Å². The molecule has 1 amide bonds. The van der Waals surface area contributed by atoms with E-state index in [2.05, 4.69) is 4.98 Å². The van der Waals surface area contributed by atoms with E-state index in [-0.39, 0.29) is 28.5 Å². The fourth-order valence-electron chi connectivity index (χ4n) is 5.13. The van der Waals surface area contributed by atoms with Gasteiger partial charge in [0.05, 0.1) is 4.92 Å². The quantitative estimate of drug-likeness (QED) is 0.539. The largest absolute Gasteiger partial charge is 0.345 e. The second-order valence-electron chi connectivity index (χ2n) is 7.91. The molecule has 1 saturated heterocycles. The van der Waals surface area contributed by atoms with Gasteiger partial charge in [-0.1, -0.05) is 36.4 Å². The van der Waals surface area contributed by atoms with Crippen LogP contribution in [0, 0.1) is 16.0 Å². The van der Waals surface area contributed by atoms with Gasteiger partial charge in [-0.25, -0.2) is 0 Å². The number of para-hydroxylation sites is 1. The molecule has 2 aromatic carbocycles. The Morgan fingerprint density at radius 3 is 2.86 bits per heavy atom. The van der Waals surface area contributed by atoms with Crippen LogP contribution in [0.4, 0.5) is 5.69 Å². The Balaban J connectivity index is 1.43. The van der Waals surface area contributed by atoms with Gasteiger partial charge in [-0.15, -0.1) is 0 Å². The number of aromatic nitrogens is 1. The number of rotatable bonds is 2. The van der Waals surface area contributed by atoms with Gasteiger partial charge < -0.3 is 9.88 Å². The molecule has 2 atom stereocenters. The number of benzene rings is 2. The lowest BCUT2D eigenvalue weighted by atomic mass is 9.81. The summed E-state index contributed by atoms with van der Waals surface area (Å²) in [6.45, 7) is 0.545. The number of nitro benzene ring substituents is 1. The Morgan fingerprint density at radius 2 is 2.03 bits per heavy atom. The summed E-state index contributed by atoms with van der Waals surface area (Å²) in [5.41, 5.74) is 2.78. The minimum atomic E-state index is -0.466. The van der Waals surface area contributed by atoms with Gasteiger partial charge in [0.1, 0.15) is 11.2 Å². The number of allylic oxidation sites excluding steroid dienone is 2. The average molecular weight is 385 g/mol. The third-order valence-corrected chi connectivity index (χ3v) is 6.50. The van der Waals surface area contributed by atoms with Gasteiger partial charge in [0.15, 0.2) is 5.78 Å². The van der Waals surface area contributed by atoms with Crippen LogP contribution in [0.5, 0.6) is 0 Å². The summed E-state index contributed by atoms with van der Waals surface area (Å²) in [4.78, 5) is 41.4. The van der Waals surface area contributed by atoms with Crippen molar-refractivity contribution in [2.45, 2.75) is 11.8 Å². The molecule has 0 unspecified atom stereocenters. The molecule has 2 fully saturated rings. The lowest BCUT2D eigenvalue weighted by molar-refractivity contribution is -0.383. The van der Waals surface area contributed by atoms with Crippen LogP contribution in [0.15, 0.2) is 60.3 Å². The number of hydrogen-bond donors (Lipinski definition) is 1. The van der Waals surface area contributed by atoms with Crippen molar-refractivity contribution in [2.24, 2.45) is 5.92 Å². The third kappa shape index (κ3) is 1.96. The minimum absolute atomic E-state index is 0.0664. The summed E-state index contributed by atoms with van der Waals surface area (Å²) in [7, 11) is 0. The molecule has 1 aliphatic heterocycles. The van der Waals surface area contributed by atoms with Crippen molar-refractivity contribution in [2.75, 3.05) is 6.54 Å². The average Bonchev–Trinajstić information content (AvgIpc) is 3.11. The summed E-state index contributed by atoms with van der Waals surface area (Å²) in [6, 6.07) is 14.0. The van der Waals surface area contributed by atoms with Crippen LogP contribution in [0.3, 0.4) is 0 Å². The number of fused-ring (bicyclic) bond motifs is 2. The number of nitro groups is 1. The number of nitrogens with one attached hydrogen (secondary N) is 1. The highest BCUT2D eigenvalue weighted by molar-refractivity contribution is 6.10. The number of hydrogen-bond acceptors (Lipinski definition) is 4. The number of ketones is 1. The standard InChI is InChI=1S/C22H15N3O4/c26-18-9-19-22(15-6-2-1-5-14(15)18)10-13(22)11-24(19)21(27)16-8-12-4-3-7-17(25(28)29)20(12)23-16/h1-9,13,23H,10-11H2/t13-,22-/m1/s1. The second-order valence-corrected chi connectivity index (χ2v) is 7.91. The summed E-state index contributed by atoms with van der Waals surface area (Å²) in [6.07, 6.45) is 2.53. The molecule has 3 aliphatic rings. The maximum atomic E-state index is 13.3. The van der Waals surface area contributed by atoms with E-state index in [4.69, 9.17) is 0 Å². The normalized spacial score (nSPS) is 24.0. The lowest BCUT2D eigenvalue weighted by Gasteiger charge is -2.29. The number of likely N-dealkylation sites (tertiary alicyclic amines) is 1. The van der Waals surface area contributed by atoms with Gasteiger partial charge in [-0.2, -0.15) is 0 Å². The zero-order valence-electron chi connectivity index (χ0n) is 15.2. The van der Waals surface area contributed by atoms with E-state index in [0.29, 0.717) is 28.9 Å². The van der Waals surface area contributed by atoms with E-state index < -0.39 is 4.92 Å². The summed E-state index contributed by atoms with van der Waals surface area (Å²) < 4.78 is 0. The Hall–Kier alpha value is -3.74. The molecule has 2 aliphatic carbocycles. The van der Waals surface area contributed by atoms with E-state index in [9.17, 15) is 19.7 Å². The molecular formula is C22H15N3O4. The predicted molar refractivity (Wildman–Crippen MR) is 105 cm³/mol. The maximum absolute atomic E-state index is 13.3.